The number of rotatable bonds is 3. The van der Waals surface area contributed by atoms with Gasteiger partial charge in [0.1, 0.15) is 5.75 Å². The molecule has 6 heteroatoms. The smallest absolute Gasteiger partial charge is 0.472 e. The summed E-state index contributed by atoms with van der Waals surface area (Å²) >= 11 is 0. The minimum atomic E-state index is -5.01. The van der Waals surface area contributed by atoms with Gasteiger partial charge in [-0.1, -0.05) is 26.0 Å². The Labute approximate surface area is 132 Å². The number of nitrogens with zero attached hydrogens (tertiary/aromatic N) is 1. The molecule has 0 unspecified atom stereocenters. The summed E-state index contributed by atoms with van der Waals surface area (Å²) in [6, 6.07) is 11.3. The van der Waals surface area contributed by atoms with Gasteiger partial charge in [0.2, 0.25) is 0 Å². The van der Waals surface area contributed by atoms with Crippen molar-refractivity contribution in [3.63, 3.8) is 0 Å². The average molecular weight is 323 g/mol. The van der Waals surface area contributed by atoms with E-state index in [4.69, 9.17) is 0 Å². The zero-order chi connectivity index (χ0) is 17.2. The van der Waals surface area contributed by atoms with Gasteiger partial charge in [-0.2, -0.15) is 13.2 Å². The summed E-state index contributed by atoms with van der Waals surface area (Å²) in [7, 11) is 0. The Hall–Kier alpha value is -2.50. The Morgan fingerprint density at radius 2 is 1.39 bits per heavy atom. The van der Waals surface area contributed by atoms with Crippen molar-refractivity contribution in [1.82, 2.24) is 0 Å². The largest absolute Gasteiger partial charge is 0.508 e. The van der Waals surface area contributed by atoms with Crippen LogP contribution in [-0.4, -0.2) is 17.2 Å². The lowest BCUT2D eigenvalue weighted by molar-refractivity contribution is -0.169. The van der Waals surface area contributed by atoms with Crippen molar-refractivity contribution >= 4 is 17.3 Å². The number of hydrogen-bond acceptors (Lipinski definition) is 2. The summed E-state index contributed by atoms with van der Waals surface area (Å²) in [5.41, 5.74) is 1.10. The molecule has 0 radical (unpaired) electrons. The summed E-state index contributed by atoms with van der Waals surface area (Å²) in [6.45, 7) is 3.93. The summed E-state index contributed by atoms with van der Waals surface area (Å²) in [6.07, 6.45) is -5.01. The van der Waals surface area contributed by atoms with Gasteiger partial charge in [-0.25, -0.2) is 0 Å². The van der Waals surface area contributed by atoms with Crippen LogP contribution in [-0.2, 0) is 4.79 Å². The number of hydrogen-bond donors (Lipinski definition) is 1. The molecule has 0 spiro atoms. The number of phenolic OH excluding ortho intramolecular Hbond substituents is 1. The molecule has 2 aromatic rings. The maximum absolute atomic E-state index is 12.9. The van der Waals surface area contributed by atoms with Crippen LogP contribution in [0.4, 0.5) is 24.5 Å². The van der Waals surface area contributed by atoms with E-state index in [2.05, 4.69) is 0 Å². The maximum atomic E-state index is 12.9. The van der Waals surface area contributed by atoms with E-state index >= 15 is 0 Å². The van der Waals surface area contributed by atoms with Crippen LogP contribution in [0.15, 0.2) is 48.5 Å². The van der Waals surface area contributed by atoms with Crippen molar-refractivity contribution < 1.29 is 23.1 Å². The number of alkyl halides is 3. The van der Waals surface area contributed by atoms with Crippen LogP contribution >= 0.6 is 0 Å². The van der Waals surface area contributed by atoms with Gasteiger partial charge >= 0.3 is 12.1 Å². The van der Waals surface area contributed by atoms with Crippen molar-refractivity contribution in [3.8, 4) is 5.75 Å². The van der Waals surface area contributed by atoms with E-state index in [-0.39, 0.29) is 23.0 Å². The lowest BCUT2D eigenvalue weighted by Crippen LogP contribution is -2.38. The predicted octanol–water partition coefficient (Wildman–Crippen LogP) is 4.74. The van der Waals surface area contributed by atoms with Gasteiger partial charge in [-0.3, -0.25) is 9.69 Å². The molecule has 122 valence electrons. The molecule has 0 fully saturated rings. The van der Waals surface area contributed by atoms with E-state index in [9.17, 15) is 23.1 Å². The predicted molar refractivity (Wildman–Crippen MR) is 81.8 cm³/mol. The number of halogens is 3. The van der Waals surface area contributed by atoms with Crippen LogP contribution in [0.1, 0.15) is 25.3 Å². The fourth-order valence-electron chi connectivity index (χ4n) is 2.12. The zero-order valence-corrected chi connectivity index (χ0v) is 12.6. The topological polar surface area (TPSA) is 40.5 Å². The molecule has 0 heterocycles. The summed E-state index contributed by atoms with van der Waals surface area (Å²) in [4.78, 5) is 12.4. The van der Waals surface area contributed by atoms with E-state index in [1.807, 2.05) is 13.8 Å². The van der Waals surface area contributed by atoms with Crippen LogP contribution in [0.5, 0.6) is 5.75 Å². The van der Waals surface area contributed by atoms with Crippen LogP contribution in [0.2, 0.25) is 0 Å². The first-order valence-corrected chi connectivity index (χ1v) is 7.00. The molecule has 3 nitrogen and oxygen atoms in total. The molecule has 2 aromatic carbocycles. The first-order chi connectivity index (χ1) is 10.7. The maximum Gasteiger partial charge on any atom is 0.472 e. The molecule has 1 N–H and O–H groups in total. The van der Waals surface area contributed by atoms with Crippen molar-refractivity contribution in [3.05, 3.63) is 54.1 Å². The van der Waals surface area contributed by atoms with Gasteiger partial charge in [0.15, 0.2) is 0 Å². The Balaban J connectivity index is 2.49. The van der Waals surface area contributed by atoms with Crippen molar-refractivity contribution in [2.24, 2.45) is 0 Å². The minimum Gasteiger partial charge on any atom is -0.508 e. The normalized spacial score (nSPS) is 11.6. The molecule has 0 saturated heterocycles. The second-order valence-electron chi connectivity index (χ2n) is 5.40. The lowest BCUT2D eigenvalue weighted by atomic mass is 10.0. The molecule has 23 heavy (non-hydrogen) atoms. The molecule has 0 aromatic heterocycles. The number of carbonyl (C=O) groups excluding carboxylic acids is 1. The third-order valence-electron chi connectivity index (χ3n) is 3.37. The molecule has 0 bridgehead atoms. The first kappa shape index (κ1) is 16.9. The van der Waals surface area contributed by atoms with Gasteiger partial charge in [0.05, 0.1) is 0 Å². The van der Waals surface area contributed by atoms with Crippen LogP contribution < -0.4 is 4.90 Å². The standard InChI is InChI=1S/C17H16F3NO2/c1-11(2)12-3-5-13(6-4-12)21(16(23)17(18,19)20)14-7-9-15(22)10-8-14/h3-11,22H,1-2H3. The van der Waals surface area contributed by atoms with Gasteiger partial charge in [-0.05, 0) is 47.9 Å². The SMILES string of the molecule is CC(C)c1ccc(N(C(=O)C(F)(F)F)c2ccc(O)cc2)cc1. The van der Waals surface area contributed by atoms with Crippen molar-refractivity contribution in [2.45, 2.75) is 25.9 Å². The molecule has 0 aliphatic carbocycles. The van der Waals surface area contributed by atoms with Crippen LogP contribution in [0.3, 0.4) is 0 Å². The third kappa shape index (κ3) is 3.83. The Morgan fingerprint density at radius 1 is 0.957 bits per heavy atom. The highest BCUT2D eigenvalue weighted by Gasteiger charge is 2.43. The van der Waals surface area contributed by atoms with Gasteiger partial charge in [0, 0.05) is 11.4 Å². The van der Waals surface area contributed by atoms with Crippen LogP contribution in [0, 0.1) is 0 Å². The molecular formula is C17H16F3NO2. The fourth-order valence-corrected chi connectivity index (χ4v) is 2.12. The molecule has 1 amide bonds. The van der Waals surface area contributed by atoms with Crippen molar-refractivity contribution in [1.29, 1.82) is 0 Å². The zero-order valence-electron chi connectivity index (χ0n) is 12.6. The summed E-state index contributed by atoms with van der Waals surface area (Å²) in [5, 5.41) is 9.28. The quantitative estimate of drug-likeness (QED) is 0.886. The van der Waals surface area contributed by atoms with E-state index in [1.165, 1.54) is 36.4 Å². The van der Waals surface area contributed by atoms with Crippen molar-refractivity contribution in [2.75, 3.05) is 4.90 Å². The number of benzene rings is 2. The summed E-state index contributed by atoms with van der Waals surface area (Å²) in [5.74, 6) is -1.85. The fraction of sp³-hybridized carbons (Fsp3) is 0.235. The van der Waals surface area contributed by atoms with E-state index < -0.39 is 12.1 Å². The number of anilines is 2. The van der Waals surface area contributed by atoms with Gasteiger partial charge in [0.25, 0.3) is 0 Å². The molecular weight excluding hydrogens is 307 g/mol. The molecule has 0 saturated carbocycles. The van der Waals surface area contributed by atoms with E-state index in [0.29, 0.717) is 4.90 Å². The third-order valence-corrected chi connectivity index (χ3v) is 3.37. The molecule has 0 atom stereocenters. The molecule has 2 rings (SSSR count). The average Bonchev–Trinajstić information content (AvgIpc) is 2.49. The first-order valence-electron chi connectivity index (χ1n) is 7.00. The van der Waals surface area contributed by atoms with Crippen LogP contribution in [0.25, 0.3) is 0 Å². The Bertz CT molecular complexity index is 676. The van der Waals surface area contributed by atoms with E-state index in [1.54, 1.807) is 12.1 Å². The van der Waals surface area contributed by atoms with Gasteiger partial charge in [-0.15, -0.1) is 0 Å². The highest BCUT2D eigenvalue weighted by atomic mass is 19.4. The molecule has 0 aliphatic heterocycles. The highest BCUT2D eigenvalue weighted by Crippen LogP contribution is 2.32. The number of phenols is 1. The number of aromatic hydroxyl groups is 1. The monoisotopic (exact) mass is 323 g/mol. The Kier molecular flexibility index (Phi) is 4.63. The lowest BCUT2D eigenvalue weighted by Gasteiger charge is -2.24. The van der Waals surface area contributed by atoms with Gasteiger partial charge < -0.3 is 5.11 Å². The Morgan fingerprint density at radius 3 is 1.78 bits per heavy atom. The van der Waals surface area contributed by atoms with E-state index in [0.717, 1.165) is 5.56 Å². The summed E-state index contributed by atoms with van der Waals surface area (Å²) < 4.78 is 38.8. The second-order valence-corrected chi connectivity index (χ2v) is 5.40. The number of amides is 1. The molecule has 0 aliphatic rings. The second kappa shape index (κ2) is 6.32. The highest BCUT2D eigenvalue weighted by molar-refractivity contribution is 6.03. The minimum absolute atomic E-state index is 0.0300. The number of carbonyl (C=O) groups is 1.